The highest BCUT2D eigenvalue weighted by atomic mass is 32.1. The minimum atomic E-state index is 0.574. The molecule has 0 aliphatic carbocycles. The second kappa shape index (κ2) is 10.5. The van der Waals surface area contributed by atoms with Crippen LogP contribution in [-0.4, -0.2) is 36.3 Å². The van der Waals surface area contributed by atoms with Gasteiger partial charge in [-0.05, 0) is 53.7 Å². The van der Waals surface area contributed by atoms with Gasteiger partial charge in [-0.25, -0.2) is 0 Å². The van der Waals surface area contributed by atoms with Crippen molar-refractivity contribution in [2.75, 3.05) is 26.6 Å². The lowest BCUT2D eigenvalue weighted by molar-refractivity contribution is 0.394. The second-order valence-corrected chi connectivity index (χ2v) is 6.95. The van der Waals surface area contributed by atoms with E-state index in [9.17, 15) is 0 Å². The number of nitrogens with one attached hydrogen (secondary N) is 1. The summed E-state index contributed by atoms with van der Waals surface area (Å²) in [5, 5.41) is 3.88. The Morgan fingerprint density at radius 1 is 0.900 bits per heavy atom. The average Bonchev–Trinajstić information content (AvgIpc) is 2.79. The molecule has 1 heterocycles. The first-order chi connectivity index (χ1) is 14.6. The topological polar surface area (TPSA) is 55.9 Å². The van der Waals surface area contributed by atoms with Crippen LogP contribution in [0.2, 0.25) is 0 Å². The molecule has 0 unspecified atom stereocenters. The number of rotatable bonds is 8. The predicted molar refractivity (Wildman–Crippen MR) is 122 cm³/mol. The van der Waals surface area contributed by atoms with E-state index in [1.165, 1.54) is 0 Å². The Kier molecular flexibility index (Phi) is 7.45. The van der Waals surface area contributed by atoms with Gasteiger partial charge >= 0.3 is 0 Å². The molecule has 3 rings (SSSR count). The molecular formula is C23H25N3O3S. The lowest BCUT2D eigenvalue weighted by Crippen LogP contribution is -2.34. The first kappa shape index (κ1) is 21.4. The van der Waals surface area contributed by atoms with Crippen molar-refractivity contribution in [3.05, 3.63) is 78.1 Å². The summed E-state index contributed by atoms with van der Waals surface area (Å²) in [6, 6.07) is 17.5. The number of thiocarbonyl (C=S) groups is 1. The van der Waals surface area contributed by atoms with Crippen molar-refractivity contribution in [3.8, 4) is 17.2 Å². The molecule has 0 aliphatic rings. The standard InChI is InChI=1S/C23H25N3O3S/c1-27-19-8-4-6-17(12-19)15-26(16-18-7-5-11-24-14-18)23(30)25-21-10-9-20(28-2)13-22(21)29-3/h4-14H,15-16H2,1-3H3,(H,25,30). The van der Waals surface area contributed by atoms with Crippen molar-refractivity contribution < 1.29 is 14.2 Å². The maximum Gasteiger partial charge on any atom is 0.174 e. The molecule has 0 bridgehead atoms. The molecule has 2 aromatic carbocycles. The normalized spacial score (nSPS) is 10.2. The van der Waals surface area contributed by atoms with E-state index in [1.54, 1.807) is 27.5 Å². The molecule has 30 heavy (non-hydrogen) atoms. The van der Waals surface area contributed by atoms with Gasteiger partial charge in [0.1, 0.15) is 17.2 Å². The van der Waals surface area contributed by atoms with Gasteiger partial charge in [0.15, 0.2) is 5.11 Å². The summed E-state index contributed by atoms with van der Waals surface area (Å²) in [6.07, 6.45) is 3.60. The van der Waals surface area contributed by atoms with Crippen molar-refractivity contribution in [3.63, 3.8) is 0 Å². The lowest BCUT2D eigenvalue weighted by atomic mass is 10.2. The molecule has 0 fully saturated rings. The van der Waals surface area contributed by atoms with Gasteiger partial charge in [0.25, 0.3) is 0 Å². The van der Waals surface area contributed by atoms with E-state index < -0.39 is 0 Å². The predicted octanol–water partition coefficient (Wildman–Crippen LogP) is 4.51. The number of hydrogen-bond donors (Lipinski definition) is 1. The second-order valence-electron chi connectivity index (χ2n) is 6.57. The Labute approximate surface area is 182 Å². The van der Waals surface area contributed by atoms with Crippen molar-refractivity contribution >= 4 is 23.0 Å². The summed E-state index contributed by atoms with van der Waals surface area (Å²) in [5.74, 6) is 2.18. The fourth-order valence-electron chi connectivity index (χ4n) is 3.00. The fourth-order valence-corrected chi connectivity index (χ4v) is 3.24. The highest BCUT2D eigenvalue weighted by molar-refractivity contribution is 7.80. The van der Waals surface area contributed by atoms with E-state index in [2.05, 4.69) is 21.3 Å². The summed E-state index contributed by atoms with van der Waals surface area (Å²) in [6.45, 7) is 1.21. The molecule has 156 valence electrons. The van der Waals surface area contributed by atoms with Crippen LogP contribution in [0.25, 0.3) is 0 Å². The third-order valence-corrected chi connectivity index (χ3v) is 4.90. The number of methoxy groups -OCH3 is 3. The summed E-state index contributed by atoms with van der Waals surface area (Å²) in [7, 11) is 4.90. The SMILES string of the molecule is COc1cccc(CN(Cc2cccnc2)C(=S)Nc2ccc(OC)cc2OC)c1. The van der Waals surface area contributed by atoms with E-state index >= 15 is 0 Å². The third-order valence-electron chi connectivity index (χ3n) is 4.54. The Bertz CT molecular complexity index is 982. The van der Waals surface area contributed by atoms with E-state index in [-0.39, 0.29) is 0 Å². The van der Waals surface area contributed by atoms with Crippen LogP contribution in [0.1, 0.15) is 11.1 Å². The molecule has 6 nitrogen and oxygen atoms in total. The molecule has 1 N–H and O–H groups in total. The maximum absolute atomic E-state index is 5.76. The van der Waals surface area contributed by atoms with Crippen LogP contribution in [0.4, 0.5) is 5.69 Å². The summed E-state index contributed by atoms with van der Waals surface area (Å²) >= 11 is 5.76. The molecule has 0 saturated heterocycles. The third kappa shape index (κ3) is 5.61. The smallest absolute Gasteiger partial charge is 0.174 e. The van der Waals surface area contributed by atoms with Gasteiger partial charge in [-0.15, -0.1) is 0 Å². The van der Waals surface area contributed by atoms with Gasteiger partial charge in [-0.1, -0.05) is 18.2 Å². The molecule has 7 heteroatoms. The monoisotopic (exact) mass is 423 g/mol. The van der Waals surface area contributed by atoms with Crippen molar-refractivity contribution in [1.29, 1.82) is 0 Å². The molecule has 0 saturated carbocycles. The van der Waals surface area contributed by atoms with Crippen LogP contribution in [0.5, 0.6) is 17.2 Å². The number of ether oxygens (including phenoxy) is 3. The molecule has 0 atom stereocenters. The van der Waals surface area contributed by atoms with E-state index in [1.807, 2.05) is 54.7 Å². The van der Waals surface area contributed by atoms with Crippen LogP contribution < -0.4 is 19.5 Å². The maximum atomic E-state index is 5.76. The highest BCUT2D eigenvalue weighted by Gasteiger charge is 2.15. The Balaban J connectivity index is 1.84. The van der Waals surface area contributed by atoms with Gasteiger partial charge < -0.3 is 24.4 Å². The van der Waals surface area contributed by atoms with Crippen LogP contribution >= 0.6 is 12.2 Å². The average molecular weight is 424 g/mol. The summed E-state index contributed by atoms with van der Waals surface area (Å²) in [5.41, 5.74) is 2.92. The quantitative estimate of drug-likeness (QED) is 0.535. The molecule has 0 amide bonds. The highest BCUT2D eigenvalue weighted by Crippen LogP contribution is 2.29. The number of aromatic nitrogens is 1. The number of benzene rings is 2. The van der Waals surface area contributed by atoms with Gasteiger partial charge in [0, 0.05) is 31.5 Å². The van der Waals surface area contributed by atoms with E-state index in [0.29, 0.717) is 29.7 Å². The minimum Gasteiger partial charge on any atom is -0.497 e. The molecule has 0 aliphatic heterocycles. The van der Waals surface area contributed by atoms with Crippen LogP contribution in [0.3, 0.4) is 0 Å². The first-order valence-corrected chi connectivity index (χ1v) is 9.83. The Morgan fingerprint density at radius 2 is 1.63 bits per heavy atom. The summed E-state index contributed by atoms with van der Waals surface area (Å²) in [4.78, 5) is 6.29. The van der Waals surface area contributed by atoms with Crippen molar-refractivity contribution in [2.45, 2.75) is 13.1 Å². The van der Waals surface area contributed by atoms with E-state index in [4.69, 9.17) is 26.4 Å². The lowest BCUT2D eigenvalue weighted by Gasteiger charge is -2.27. The number of nitrogens with zero attached hydrogens (tertiary/aromatic N) is 2. The number of anilines is 1. The molecule has 1 aromatic heterocycles. The van der Waals surface area contributed by atoms with Gasteiger partial charge in [-0.3, -0.25) is 4.98 Å². The fraction of sp³-hybridized carbons (Fsp3) is 0.217. The molecular weight excluding hydrogens is 398 g/mol. The Morgan fingerprint density at radius 3 is 2.33 bits per heavy atom. The molecule has 3 aromatic rings. The van der Waals surface area contributed by atoms with Gasteiger partial charge in [0.2, 0.25) is 0 Å². The molecule has 0 radical (unpaired) electrons. The van der Waals surface area contributed by atoms with Gasteiger partial charge in [-0.2, -0.15) is 0 Å². The summed E-state index contributed by atoms with van der Waals surface area (Å²) < 4.78 is 16.1. The number of pyridine rings is 1. The van der Waals surface area contributed by atoms with Gasteiger partial charge in [0.05, 0.1) is 27.0 Å². The zero-order chi connectivity index (χ0) is 21.3. The first-order valence-electron chi connectivity index (χ1n) is 9.42. The minimum absolute atomic E-state index is 0.574. The van der Waals surface area contributed by atoms with Crippen LogP contribution in [0, 0.1) is 0 Å². The van der Waals surface area contributed by atoms with Crippen LogP contribution in [-0.2, 0) is 13.1 Å². The van der Waals surface area contributed by atoms with E-state index in [0.717, 1.165) is 22.6 Å². The zero-order valence-electron chi connectivity index (χ0n) is 17.3. The number of hydrogen-bond acceptors (Lipinski definition) is 5. The largest absolute Gasteiger partial charge is 0.497 e. The van der Waals surface area contributed by atoms with Crippen molar-refractivity contribution in [2.24, 2.45) is 0 Å². The van der Waals surface area contributed by atoms with Crippen LogP contribution in [0.15, 0.2) is 67.0 Å². The van der Waals surface area contributed by atoms with Crippen molar-refractivity contribution in [1.82, 2.24) is 9.88 Å². The zero-order valence-corrected chi connectivity index (χ0v) is 18.1. The molecule has 0 spiro atoms. The Hall–Kier alpha value is -3.32.